The Morgan fingerprint density at radius 2 is 1.46 bits per heavy atom. The lowest BCUT2D eigenvalue weighted by molar-refractivity contribution is -0.141. The molecule has 12 heteroatoms. The first kappa shape index (κ1) is 33.4. The molecule has 1 N–H and O–H groups in total. The minimum Gasteiger partial charge on any atom is -0.494 e. The van der Waals surface area contributed by atoms with Crippen molar-refractivity contribution in [3.63, 3.8) is 0 Å². The summed E-state index contributed by atoms with van der Waals surface area (Å²) in [7, 11) is 0. The molecule has 3 aromatic rings. The van der Waals surface area contributed by atoms with E-state index in [1.807, 2.05) is 25.1 Å². The van der Waals surface area contributed by atoms with E-state index in [2.05, 4.69) is 27.9 Å². The summed E-state index contributed by atoms with van der Waals surface area (Å²) in [6.07, 6.45) is 1.13. The summed E-state index contributed by atoms with van der Waals surface area (Å²) in [6.45, 7) is 8.14. The number of carbonyl (C=O) groups is 4. The van der Waals surface area contributed by atoms with Crippen LogP contribution in [-0.4, -0.2) is 50.6 Å². The number of hydrogen-bond donors (Lipinski definition) is 1. The molecule has 0 saturated carbocycles. The van der Waals surface area contributed by atoms with E-state index in [-0.39, 0.29) is 25.8 Å². The van der Waals surface area contributed by atoms with Crippen molar-refractivity contribution in [2.75, 3.05) is 26.5 Å². The largest absolute Gasteiger partial charge is 0.515 e. The lowest BCUT2D eigenvalue weighted by Gasteiger charge is -2.11. The molecule has 0 spiro atoms. The third-order valence-corrected chi connectivity index (χ3v) is 6.81. The summed E-state index contributed by atoms with van der Waals surface area (Å²) in [6, 6.07) is 17.2. The minimum absolute atomic E-state index is 0.0629. The smallest absolute Gasteiger partial charge is 0.494 e. The van der Waals surface area contributed by atoms with Crippen molar-refractivity contribution < 1.29 is 52.0 Å². The van der Waals surface area contributed by atoms with Crippen molar-refractivity contribution in [1.29, 1.82) is 0 Å². The molecule has 0 bridgehead atoms. The number of nitrogens with one attached hydrogen (secondary N) is 1. The van der Waals surface area contributed by atoms with Crippen molar-refractivity contribution in [3.05, 3.63) is 103 Å². The van der Waals surface area contributed by atoms with E-state index in [0.717, 1.165) is 28.5 Å². The Labute approximate surface area is 264 Å². The van der Waals surface area contributed by atoms with Gasteiger partial charge in [-0.15, -0.1) is 0 Å². The molecule has 240 valence electrons. The molecule has 1 aliphatic carbocycles. The average molecular weight is 634 g/mol. The van der Waals surface area contributed by atoms with Crippen molar-refractivity contribution >= 4 is 24.1 Å². The first-order valence-corrected chi connectivity index (χ1v) is 14.3. The predicted molar refractivity (Wildman–Crippen MR) is 163 cm³/mol. The zero-order valence-corrected chi connectivity index (χ0v) is 25.0. The zero-order chi connectivity index (χ0) is 33.1. The van der Waals surface area contributed by atoms with Crippen LogP contribution in [0, 0.1) is 0 Å². The molecule has 0 radical (unpaired) electrons. The second kappa shape index (κ2) is 16.0. The fourth-order valence-electron chi connectivity index (χ4n) is 4.60. The molecule has 0 aliphatic heterocycles. The van der Waals surface area contributed by atoms with E-state index in [1.54, 1.807) is 42.5 Å². The molecule has 1 unspecified atom stereocenters. The van der Waals surface area contributed by atoms with E-state index in [1.165, 1.54) is 0 Å². The zero-order valence-electron chi connectivity index (χ0n) is 25.0. The second-order valence-electron chi connectivity index (χ2n) is 9.95. The summed E-state index contributed by atoms with van der Waals surface area (Å²) in [4.78, 5) is 47.2. The molecule has 3 aromatic carbocycles. The van der Waals surface area contributed by atoms with Gasteiger partial charge in [-0.2, -0.15) is 4.39 Å². The van der Waals surface area contributed by atoms with Gasteiger partial charge in [-0.1, -0.05) is 32.2 Å². The number of fused-ring (bicyclic) bond motifs is 3. The highest BCUT2D eigenvalue weighted by Gasteiger charge is 2.27. The predicted octanol–water partition coefficient (Wildman–Crippen LogP) is 5.97. The van der Waals surface area contributed by atoms with Crippen LogP contribution >= 0.6 is 0 Å². The highest BCUT2D eigenvalue weighted by molar-refractivity contribution is 5.91. The Morgan fingerprint density at radius 3 is 2.09 bits per heavy atom. The number of hydrogen-bond acceptors (Lipinski definition) is 11. The quantitative estimate of drug-likeness (QED) is 0.0310. The molecule has 1 atom stereocenters. The van der Waals surface area contributed by atoms with Crippen LogP contribution < -0.4 is 19.5 Å². The van der Waals surface area contributed by atoms with E-state index in [9.17, 15) is 23.6 Å². The molecule has 0 saturated heterocycles. The number of benzene rings is 3. The van der Waals surface area contributed by atoms with Gasteiger partial charge < -0.3 is 28.4 Å². The summed E-state index contributed by atoms with van der Waals surface area (Å²) in [5.41, 5.74) is 4.15. The molecule has 0 heterocycles. The van der Waals surface area contributed by atoms with Crippen molar-refractivity contribution in [2.24, 2.45) is 0 Å². The molecule has 46 heavy (non-hydrogen) atoms. The monoisotopic (exact) mass is 633 g/mol. The Bertz CT molecular complexity index is 1620. The van der Waals surface area contributed by atoms with Crippen LogP contribution in [0.3, 0.4) is 0 Å². The highest BCUT2D eigenvalue weighted by atomic mass is 19.1. The van der Waals surface area contributed by atoms with E-state index in [0.29, 0.717) is 42.3 Å². The standard InChI is InChI=1S/C34H32FNO10/c1-4-41-31(37)19-36-20-44-34(40)46-26-12-14-28-27-13-11-25(17-29(27)21(2)30(28)18-26)45-33(39)23-7-9-24(10-8-23)42-15-5-6-16-43-32(38)22(3)35/h4,7-14,17-18,21,36H,1,3,5-6,15-16,19-20H2,2H3. The Morgan fingerprint density at radius 1 is 0.848 bits per heavy atom. The number of halogens is 1. The van der Waals surface area contributed by atoms with Crippen molar-refractivity contribution in [1.82, 2.24) is 5.32 Å². The van der Waals surface area contributed by atoms with E-state index < -0.39 is 29.9 Å². The fourth-order valence-corrected chi connectivity index (χ4v) is 4.60. The molecule has 11 nitrogen and oxygen atoms in total. The number of ether oxygens (including phenoxy) is 6. The van der Waals surface area contributed by atoms with Crippen LogP contribution in [0.5, 0.6) is 17.2 Å². The maximum absolute atomic E-state index is 12.8. The lowest BCUT2D eigenvalue weighted by atomic mass is 9.99. The van der Waals surface area contributed by atoms with Gasteiger partial charge in [-0.3, -0.25) is 10.1 Å². The molecule has 0 amide bonds. The van der Waals surface area contributed by atoms with E-state index >= 15 is 0 Å². The van der Waals surface area contributed by atoms with Gasteiger partial charge in [0.15, 0.2) is 0 Å². The van der Waals surface area contributed by atoms with Gasteiger partial charge >= 0.3 is 24.1 Å². The first-order valence-electron chi connectivity index (χ1n) is 14.3. The number of unbranched alkanes of at least 4 members (excludes halogenated alkanes) is 1. The summed E-state index contributed by atoms with van der Waals surface area (Å²) in [5.74, 6) is -2.16. The molecular formula is C34H32FNO10. The topological polar surface area (TPSA) is 136 Å². The van der Waals surface area contributed by atoms with Crippen molar-refractivity contribution in [2.45, 2.75) is 25.7 Å². The van der Waals surface area contributed by atoms with Crippen LogP contribution in [-0.2, 0) is 23.8 Å². The summed E-state index contributed by atoms with van der Waals surface area (Å²) < 4.78 is 43.3. The molecule has 0 fully saturated rings. The number of esters is 3. The molecule has 1 aliphatic rings. The van der Waals surface area contributed by atoms with Gasteiger partial charge in [-0.05, 0) is 83.6 Å². The lowest BCUT2D eigenvalue weighted by Crippen LogP contribution is -2.28. The summed E-state index contributed by atoms with van der Waals surface area (Å²) in [5, 5.41) is 2.59. The van der Waals surface area contributed by atoms with Gasteiger partial charge in [0.25, 0.3) is 0 Å². The van der Waals surface area contributed by atoms with Crippen LogP contribution in [0.2, 0.25) is 0 Å². The van der Waals surface area contributed by atoms with Crippen LogP contribution in [0.1, 0.15) is 47.2 Å². The molecule has 0 aromatic heterocycles. The maximum atomic E-state index is 12.8. The minimum atomic E-state index is -1.13. The second-order valence-corrected chi connectivity index (χ2v) is 9.95. The number of rotatable bonds is 15. The molecule has 4 rings (SSSR count). The third kappa shape index (κ3) is 9.02. The SMILES string of the molecule is C=COC(=O)CNCOC(=O)Oc1ccc2c(c1)C(C)c1cc(OC(=O)c3ccc(OCCCCOC(=O)C(=C)F)cc3)ccc1-2. The van der Waals surface area contributed by atoms with Crippen molar-refractivity contribution in [3.8, 4) is 28.4 Å². The highest BCUT2D eigenvalue weighted by Crippen LogP contribution is 2.47. The van der Waals surface area contributed by atoms with Crippen LogP contribution in [0.15, 0.2) is 85.9 Å². The van der Waals surface area contributed by atoms with Crippen LogP contribution in [0.4, 0.5) is 9.18 Å². The molecular weight excluding hydrogens is 601 g/mol. The van der Waals surface area contributed by atoms with Gasteiger partial charge in [-0.25, -0.2) is 14.4 Å². The summed E-state index contributed by atoms with van der Waals surface area (Å²) >= 11 is 0. The normalized spacial score (nSPS) is 12.6. The van der Waals surface area contributed by atoms with Gasteiger partial charge in [0.1, 0.15) is 24.0 Å². The third-order valence-electron chi connectivity index (χ3n) is 6.81. The average Bonchev–Trinajstić information content (AvgIpc) is 3.31. The van der Waals surface area contributed by atoms with E-state index in [4.69, 9.17) is 18.9 Å². The van der Waals surface area contributed by atoms with Gasteiger partial charge in [0.05, 0.1) is 31.6 Å². The van der Waals surface area contributed by atoms with Gasteiger partial charge in [0.2, 0.25) is 5.83 Å². The first-order chi connectivity index (χ1) is 22.2. The number of carbonyl (C=O) groups excluding carboxylic acids is 4. The Balaban J connectivity index is 1.26. The Kier molecular flexibility index (Phi) is 11.6. The maximum Gasteiger partial charge on any atom is 0.515 e. The van der Waals surface area contributed by atoms with Gasteiger partial charge in [0, 0.05) is 5.92 Å². The fraction of sp³-hybridized carbons (Fsp3) is 0.235. The van der Waals surface area contributed by atoms with Crippen LogP contribution in [0.25, 0.3) is 11.1 Å². The Hall–Kier alpha value is -5.49.